The minimum absolute atomic E-state index is 0.544. The van der Waals surface area contributed by atoms with Crippen LogP contribution in [0.3, 0.4) is 0 Å². The van der Waals surface area contributed by atoms with E-state index in [2.05, 4.69) is 38.8 Å². The van der Waals surface area contributed by atoms with Gasteiger partial charge in [-0.3, -0.25) is 4.99 Å². The molecule has 0 bridgehead atoms. The van der Waals surface area contributed by atoms with Crippen LogP contribution in [0.4, 0.5) is 0 Å². The van der Waals surface area contributed by atoms with Crippen LogP contribution in [0.25, 0.3) is 0 Å². The molecule has 1 nitrogen and oxygen atoms in total. The number of rotatable bonds is 3. The fourth-order valence-corrected chi connectivity index (χ4v) is 1.30. The van der Waals surface area contributed by atoms with E-state index < -0.39 is 0 Å². The van der Waals surface area contributed by atoms with E-state index >= 15 is 0 Å². The van der Waals surface area contributed by atoms with Crippen molar-refractivity contribution in [2.45, 2.75) is 34.1 Å². The van der Waals surface area contributed by atoms with Crippen LogP contribution >= 0.6 is 0 Å². The molecule has 0 rings (SSSR count). The van der Waals surface area contributed by atoms with E-state index in [-0.39, 0.29) is 0 Å². The normalized spacial score (nSPS) is 14.4. The first-order chi connectivity index (χ1) is 5.13. The van der Waals surface area contributed by atoms with Gasteiger partial charge >= 0.3 is 0 Å². The molecule has 0 heterocycles. The smallest absolute Gasteiger partial charge is 0.0396 e. The minimum Gasteiger partial charge on any atom is -0.293 e. The first kappa shape index (κ1) is 10.4. The molecule has 0 unspecified atom stereocenters. The quantitative estimate of drug-likeness (QED) is 0.552. The van der Waals surface area contributed by atoms with Crippen LogP contribution in [0, 0.1) is 5.92 Å². The van der Waals surface area contributed by atoms with Gasteiger partial charge in [0.05, 0.1) is 0 Å². The average Bonchev–Trinajstić information content (AvgIpc) is 1.88. The molecular weight excluding hydrogens is 134 g/mol. The highest BCUT2D eigenvalue weighted by Gasteiger charge is 2.04. The van der Waals surface area contributed by atoms with Crippen LogP contribution in [-0.4, -0.2) is 12.8 Å². The molecular formula is C10H19N. The molecule has 0 aliphatic carbocycles. The van der Waals surface area contributed by atoms with Crippen molar-refractivity contribution >= 4 is 5.71 Å². The third kappa shape index (κ3) is 3.35. The summed E-state index contributed by atoms with van der Waals surface area (Å²) in [6, 6.07) is 0. The lowest BCUT2D eigenvalue weighted by molar-refractivity contribution is 0.877. The Hall–Kier alpha value is -0.590. The van der Waals surface area contributed by atoms with E-state index in [1.54, 1.807) is 0 Å². The van der Waals surface area contributed by atoms with Crippen LogP contribution in [0.2, 0.25) is 0 Å². The Morgan fingerprint density at radius 2 is 2.00 bits per heavy atom. The predicted octanol–water partition coefficient (Wildman–Crippen LogP) is 3.07. The van der Waals surface area contributed by atoms with Crippen molar-refractivity contribution in [3.05, 3.63) is 11.6 Å². The summed E-state index contributed by atoms with van der Waals surface area (Å²) in [6.45, 7) is 8.63. The molecule has 0 aliphatic rings. The molecule has 11 heavy (non-hydrogen) atoms. The highest BCUT2D eigenvalue weighted by molar-refractivity contribution is 6.00. The standard InChI is InChI=1S/C10H19N/c1-6-7-9(4)10(11-5)8(2)3/h7-8H,6H2,1-5H3/b9-7-,11-10?. The fraction of sp³-hybridized carbons (Fsp3) is 0.700. The van der Waals surface area contributed by atoms with Crippen molar-refractivity contribution in [2.75, 3.05) is 7.05 Å². The van der Waals surface area contributed by atoms with Crippen molar-refractivity contribution in [1.82, 2.24) is 0 Å². The first-order valence-electron chi connectivity index (χ1n) is 4.27. The zero-order valence-corrected chi connectivity index (χ0v) is 8.31. The summed E-state index contributed by atoms with van der Waals surface area (Å²) in [5, 5.41) is 0. The van der Waals surface area contributed by atoms with Gasteiger partial charge in [-0.15, -0.1) is 0 Å². The largest absolute Gasteiger partial charge is 0.293 e. The van der Waals surface area contributed by atoms with E-state index in [4.69, 9.17) is 0 Å². The molecule has 0 aliphatic heterocycles. The third-order valence-electron chi connectivity index (χ3n) is 1.70. The summed E-state index contributed by atoms with van der Waals surface area (Å²) >= 11 is 0. The molecule has 0 aromatic heterocycles. The summed E-state index contributed by atoms with van der Waals surface area (Å²) in [7, 11) is 1.86. The molecule has 0 fully saturated rings. The fourth-order valence-electron chi connectivity index (χ4n) is 1.30. The second kappa shape index (κ2) is 5.11. The molecule has 64 valence electrons. The van der Waals surface area contributed by atoms with Crippen molar-refractivity contribution < 1.29 is 0 Å². The lowest BCUT2D eigenvalue weighted by atomic mass is 10.0. The van der Waals surface area contributed by atoms with Crippen LogP contribution < -0.4 is 0 Å². The minimum atomic E-state index is 0.544. The molecule has 0 spiro atoms. The number of allylic oxidation sites excluding steroid dienone is 2. The number of hydrogen-bond acceptors (Lipinski definition) is 1. The molecule has 1 heteroatoms. The van der Waals surface area contributed by atoms with Gasteiger partial charge in [0.15, 0.2) is 0 Å². The number of hydrogen-bond donors (Lipinski definition) is 0. The predicted molar refractivity (Wildman–Crippen MR) is 52.2 cm³/mol. The Morgan fingerprint density at radius 1 is 1.45 bits per heavy atom. The lowest BCUT2D eigenvalue weighted by Gasteiger charge is -2.09. The van der Waals surface area contributed by atoms with Crippen molar-refractivity contribution in [3.8, 4) is 0 Å². The average molecular weight is 153 g/mol. The van der Waals surface area contributed by atoms with E-state index in [1.807, 2.05) is 7.05 Å². The highest BCUT2D eigenvalue weighted by atomic mass is 14.7. The van der Waals surface area contributed by atoms with Gasteiger partial charge in [0.2, 0.25) is 0 Å². The van der Waals surface area contributed by atoms with Gasteiger partial charge in [-0.05, 0) is 24.8 Å². The second-order valence-corrected chi connectivity index (χ2v) is 3.06. The van der Waals surface area contributed by atoms with E-state index in [9.17, 15) is 0 Å². The topological polar surface area (TPSA) is 12.4 Å². The molecule has 0 amide bonds. The van der Waals surface area contributed by atoms with Gasteiger partial charge < -0.3 is 0 Å². The number of nitrogens with zero attached hydrogens (tertiary/aromatic N) is 1. The zero-order valence-electron chi connectivity index (χ0n) is 8.31. The van der Waals surface area contributed by atoms with Gasteiger partial charge in [0.25, 0.3) is 0 Å². The van der Waals surface area contributed by atoms with Crippen molar-refractivity contribution in [1.29, 1.82) is 0 Å². The maximum atomic E-state index is 4.25. The SMILES string of the molecule is CC/C=C(/C)C(=NC)C(C)C. The second-order valence-electron chi connectivity index (χ2n) is 3.06. The highest BCUT2D eigenvalue weighted by Crippen LogP contribution is 2.07. The summed E-state index contributed by atoms with van der Waals surface area (Å²) in [5.41, 5.74) is 2.55. The van der Waals surface area contributed by atoms with Gasteiger partial charge in [0, 0.05) is 12.8 Å². The molecule has 0 saturated heterocycles. The van der Waals surface area contributed by atoms with E-state index in [0.717, 1.165) is 6.42 Å². The van der Waals surface area contributed by atoms with Crippen LogP contribution in [0.5, 0.6) is 0 Å². The summed E-state index contributed by atoms with van der Waals surface area (Å²) < 4.78 is 0. The molecule has 0 radical (unpaired) electrons. The Kier molecular flexibility index (Phi) is 4.84. The molecule has 0 atom stereocenters. The number of aliphatic imine (C=N–C) groups is 1. The summed E-state index contributed by atoms with van der Waals surface area (Å²) in [6.07, 6.45) is 3.32. The molecule has 0 N–H and O–H groups in total. The van der Waals surface area contributed by atoms with E-state index in [1.165, 1.54) is 11.3 Å². The Balaban J connectivity index is 4.40. The van der Waals surface area contributed by atoms with Gasteiger partial charge in [-0.2, -0.15) is 0 Å². The van der Waals surface area contributed by atoms with Crippen molar-refractivity contribution in [2.24, 2.45) is 10.9 Å². The lowest BCUT2D eigenvalue weighted by Crippen LogP contribution is -2.08. The Labute approximate surface area is 70.2 Å². The molecule has 0 saturated carbocycles. The summed E-state index contributed by atoms with van der Waals surface area (Å²) in [5.74, 6) is 0.544. The Morgan fingerprint density at radius 3 is 2.27 bits per heavy atom. The zero-order chi connectivity index (χ0) is 8.85. The van der Waals surface area contributed by atoms with Crippen LogP contribution in [-0.2, 0) is 0 Å². The summed E-state index contributed by atoms with van der Waals surface area (Å²) in [4.78, 5) is 4.25. The van der Waals surface area contributed by atoms with Gasteiger partial charge in [-0.25, -0.2) is 0 Å². The van der Waals surface area contributed by atoms with Gasteiger partial charge in [-0.1, -0.05) is 26.8 Å². The molecule has 0 aromatic carbocycles. The van der Waals surface area contributed by atoms with Gasteiger partial charge in [0.1, 0.15) is 0 Å². The Bertz CT molecular complexity index is 164. The van der Waals surface area contributed by atoms with Crippen LogP contribution in [0.15, 0.2) is 16.6 Å². The van der Waals surface area contributed by atoms with E-state index in [0.29, 0.717) is 5.92 Å². The monoisotopic (exact) mass is 153 g/mol. The first-order valence-corrected chi connectivity index (χ1v) is 4.27. The van der Waals surface area contributed by atoms with Crippen LogP contribution in [0.1, 0.15) is 34.1 Å². The maximum absolute atomic E-state index is 4.25. The maximum Gasteiger partial charge on any atom is 0.0396 e. The third-order valence-corrected chi connectivity index (χ3v) is 1.70. The van der Waals surface area contributed by atoms with Crippen molar-refractivity contribution in [3.63, 3.8) is 0 Å². The molecule has 0 aromatic rings.